The van der Waals surface area contributed by atoms with Gasteiger partial charge in [0.1, 0.15) is 5.75 Å². The van der Waals surface area contributed by atoms with E-state index in [4.69, 9.17) is 9.84 Å². The first-order chi connectivity index (χ1) is 9.45. The molecule has 0 aliphatic carbocycles. The first-order valence-corrected chi connectivity index (χ1v) is 7.46. The van der Waals surface area contributed by atoms with E-state index in [2.05, 4.69) is 0 Å². The van der Waals surface area contributed by atoms with Crippen molar-refractivity contribution in [2.24, 2.45) is 0 Å². The van der Waals surface area contributed by atoms with Gasteiger partial charge in [0.15, 0.2) is 4.88 Å². The number of carbonyl (C=O) groups excluding carboxylic acids is 1. The van der Waals surface area contributed by atoms with Gasteiger partial charge >= 0.3 is 5.97 Å². The third-order valence-corrected chi connectivity index (χ3v) is 3.90. The number of hydrogen-bond donors (Lipinski definition) is 1. The number of amides is 1. The summed E-state index contributed by atoms with van der Waals surface area (Å²) >= 11 is 1.26. The normalized spacial score (nSPS) is 10.3. The number of rotatable bonds is 8. The standard InChI is InChI=1S/C14H21NO4S/c1-4-6-10-9-11(13(20-10)14(17)18)19-8-5-7-12(16)15(2)3/h9H,4-8H2,1-3H3,(H,17,18). The SMILES string of the molecule is CCCc1cc(OCCCC(=O)N(C)C)c(C(=O)O)s1. The number of carboxylic acid groups (broad SMARTS) is 1. The maximum Gasteiger partial charge on any atom is 0.349 e. The van der Waals surface area contributed by atoms with Gasteiger partial charge in [0.25, 0.3) is 0 Å². The van der Waals surface area contributed by atoms with Crippen molar-refractivity contribution in [1.29, 1.82) is 0 Å². The lowest BCUT2D eigenvalue weighted by molar-refractivity contribution is -0.128. The molecule has 1 aromatic rings. The summed E-state index contributed by atoms with van der Waals surface area (Å²) in [6, 6.07) is 1.80. The van der Waals surface area contributed by atoms with Gasteiger partial charge in [0.05, 0.1) is 6.61 Å². The van der Waals surface area contributed by atoms with Crippen LogP contribution in [0.1, 0.15) is 40.7 Å². The summed E-state index contributed by atoms with van der Waals surface area (Å²) in [5.74, 6) is -0.496. The van der Waals surface area contributed by atoms with Gasteiger partial charge in [0, 0.05) is 25.4 Å². The first-order valence-electron chi connectivity index (χ1n) is 6.64. The highest BCUT2D eigenvalue weighted by Gasteiger charge is 2.16. The Kier molecular flexibility index (Phi) is 6.51. The van der Waals surface area contributed by atoms with Crippen molar-refractivity contribution < 1.29 is 19.4 Å². The second-order valence-electron chi connectivity index (χ2n) is 4.70. The Labute approximate surface area is 123 Å². The van der Waals surface area contributed by atoms with Gasteiger partial charge in [-0.1, -0.05) is 13.3 Å². The number of aryl methyl sites for hydroxylation is 1. The lowest BCUT2D eigenvalue weighted by Gasteiger charge is -2.10. The molecule has 5 nitrogen and oxygen atoms in total. The van der Waals surface area contributed by atoms with Gasteiger partial charge in [-0.15, -0.1) is 11.3 Å². The molecule has 0 unspecified atom stereocenters. The molecule has 0 atom stereocenters. The molecule has 112 valence electrons. The Bertz CT molecular complexity index is 468. The Morgan fingerprint density at radius 1 is 1.40 bits per heavy atom. The van der Waals surface area contributed by atoms with Crippen LogP contribution in [0.2, 0.25) is 0 Å². The molecule has 1 N–H and O–H groups in total. The molecular weight excluding hydrogens is 278 g/mol. The highest BCUT2D eigenvalue weighted by atomic mass is 32.1. The van der Waals surface area contributed by atoms with Gasteiger partial charge in [0.2, 0.25) is 5.91 Å². The van der Waals surface area contributed by atoms with Crippen molar-refractivity contribution in [2.45, 2.75) is 32.6 Å². The third kappa shape index (κ3) is 4.85. The number of carboxylic acids is 1. The zero-order chi connectivity index (χ0) is 15.1. The Morgan fingerprint density at radius 2 is 2.10 bits per heavy atom. The van der Waals surface area contributed by atoms with Gasteiger partial charge in [-0.3, -0.25) is 4.79 Å². The summed E-state index contributed by atoms with van der Waals surface area (Å²) in [5, 5.41) is 9.13. The smallest absolute Gasteiger partial charge is 0.349 e. The second-order valence-corrected chi connectivity index (χ2v) is 5.84. The van der Waals surface area contributed by atoms with Crippen LogP contribution in [0.5, 0.6) is 5.75 Å². The molecule has 0 saturated heterocycles. The highest BCUT2D eigenvalue weighted by Crippen LogP contribution is 2.30. The summed E-state index contributed by atoms with van der Waals surface area (Å²) in [4.78, 5) is 25.3. The van der Waals surface area contributed by atoms with Crippen LogP contribution in [0, 0.1) is 0 Å². The van der Waals surface area contributed by atoms with Crippen molar-refractivity contribution in [2.75, 3.05) is 20.7 Å². The lowest BCUT2D eigenvalue weighted by atomic mass is 10.3. The predicted molar refractivity (Wildman–Crippen MR) is 78.7 cm³/mol. The van der Waals surface area contributed by atoms with E-state index in [1.165, 1.54) is 16.2 Å². The van der Waals surface area contributed by atoms with E-state index in [9.17, 15) is 9.59 Å². The van der Waals surface area contributed by atoms with Crippen molar-refractivity contribution in [3.63, 3.8) is 0 Å². The topological polar surface area (TPSA) is 66.8 Å². The maximum absolute atomic E-state index is 11.4. The van der Waals surface area contributed by atoms with E-state index in [0.717, 1.165) is 17.7 Å². The van der Waals surface area contributed by atoms with E-state index in [1.54, 1.807) is 20.2 Å². The molecule has 0 saturated carbocycles. The molecule has 0 radical (unpaired) electrons. The van der Waals surface area contributed by atoms with E-state index in [0.29, 0.717) is 25.2 Å². The van der Waals surface area contributed by atoms with Gasteiger partial charge < -0.3 is 14.7 Å². The lowest BCUT2D eigenvalue weighted by Crippen LogP contribution is -2.21. The van der Waals surface area contributed by atoms with Gasteiger partial charge in [-0.2, -0.15) is 0 Å². The van der Waals surface area contributed by atoms with Crippen molar-refractivity contribution >= 4 is 23.2 Å². The van der Waals surface area contributed by atoms with E-state index in [-0.39, 0.29) is 10.8 Å². The van der Waals surface area contributed by atoms with Crippen LogP contribution in [0.4, 0.5) is 0 Å². The quantitative estimate of drug-likeness (QED) is 0.749. The Morgan fingerprint density at radius 3 is 2.65 bits per heavy atom. The van der Waals surface area contributed by atoms with Crippen molar-refractivity contribution in [3.05, 3.63) is 15.8 Å². The minimum atomic E-state index is -0.961. The molecule has 1 aromatic heterocycles. The fourth-order valence-corrected chi connectivity index (χ4v) is 2.72. The average Bonchev–Trinajstić information content (AvgIpc) is 2.78. The fraction of sp³-hybridized carbons (Fsp3) is 0.571. The molecule has 0 aromatic carbocycles. The summed E-state index contributed by atoms with van der Waals surface area (Å²) < 4.78 is 5.51. The average molecular weight is 299 g/mol. The zero-order valence-corrected chi connectivity index (χ0v) is 13.0. The molecule has 0 bridgehead atoms. The number of thiophene rings is 1. The molecule has 1 amide bonds. The summed E-state index contributed by atoms with van der Waals surface area (Å²) in [5.41, 5.74) is 0. The van der Waals surface area contributed by atoms with Crippen LogP contribution in [-0.2, 0) is 11.2 Å². The van der Waals surface area contributed by atoms with Crippen LogP contribution in [-0.4, -0.2) is 42.6 Å². The molecule has 0 spiro atoms. The summed E-state index contributed by atoms with van der Waals surface area (Å²) in [6.45, 7) is 2.40. The van der Waals surface area contributed by atoms with E-state index < -0.39 is 5.97 Å². The highest BCUT2D eigenvalue weighted by molar-refractivity contribution is 7.14. The van der Waals surface area contributed by atoms with Crippen LogP contribution in [0.15, 0.2) is 6.07 Å². The number of nitrogens with zero attached hydrogens (tertiary/aromatic N) is 1. The third-order valence-electron chi connectivity index (χ3n) is 2.73. The predicted octanol–water partition coefficient (Wildman–Crippen LogP) is 2.65. The monoisotopic (exact) mass is 299 g/mol. The molecule has 0 fully saturated rings. The molecule has 1 rings (SSSR count). The molecule has 20 heavy (non-hydrogen) atoms. The van der Waals surface area contributed by atoms with Crippen LogP contribution < -0.4 is 4.74 Å². The van der Waals surface area contributed by atoms with Crippen LogP contribution in [0.3, 0.4) is 0 Å². The maximum atomic E-state index is 11.4. The summed E-state index contributed by atoms with van der Waals surface area (Å²) in [7, 11) is 3.42. The number of hydrogen-bond acceptors (Lipinski definition) is 4. The zero-order valence-electron chi connectivity index (χ0n) is 12.1. The Balaban J connectivity index is 2.54. The first kappa shape index (κ1) is 16.5. The second kappa shape index (κ2) is 7.89. The number of carbonyl (C=O) groups is 2. The largest absolute Gasteiger partial charge is 0.492 e. The van der Waals surface area contributed by atoms with Gasteiger partial charge in [-0.05, 0) is 18.9 Å². The summed E-state index contributed by atoms with van der Waals surface area (Å²) in [6.07, 6.45) is 2.81. The molecule has 1 heterocycles. The van der Waals surface area contributed by atoms with Crippen LogP contribution >= 0.6 is 11.3 Å². The van der Waals surface area contributed by atoms with E-state index in [1.807, 2.05) is 6.92 Å². The van der Waals surface area contributed by atoms with Crippen molar-refractivity contribution in [3.8, 4) is 5.75 Å². The van der Waals surface area contributed by atoms with Gasteiger partial charge in [-0.25, -0.2) is 4.79 Å². The number of aromatic carboxylic acids is 1. The molecular formula is C14H21NO4S. The minimum Gasteiger partial charge on any atom is -0.492 e. The van der Waals surface area contributed by atoms with Crippen LogP contribution in [0.25, 0.3) is 0 Å². The number of ether oxygens (including phenoxy) is 1. The van der Waals surface area contributed by atoms with E-state index >= 15 is 0 Å². The molecule has 0 aliphatic heterocycles. The fourth-order valence-electron chi connectivity index (χ4n) is 1.68. The molecule has 0 aliphatic rings. The van der Waals surface area contributed by atoms with Crippen molar-refractivity contribution in [1.82, 2.24) is 4.90 Å². The Hall–Kier alpha value is -1.56. The molecule has 6 heteroatoms. The minimum absolute atomic E-state index is 0.0454.